The summed E-state index contributed by atoms with van der Waals surface area (Å²) in [5, 5.41) is 5.08. The molecule has 0 bridgehead atoms. The van der Waals surface area contributed by atoms with E-state index in [-0.39, 0.29) is 12.1 Å². The first-order valence-corrected chi connectivity index (χ1v) is 10.8. The molecule has 2 amide bonds. The van der Waals surface area contributed by atoms with Crippen LogP contribution in [0.3, 0.4) is 0 Å². The zero-order chi connectivity index (χ0) is 19.9. The Kier molecular flexibility index (Phi) is 7.28. The molecule has 0 aliphatic carbocycles. The molecule has 0 saturated carbocycles. The van der Waals surface area contributed by atoms with Gasteiger partial charge in [-0.25, -0.2) is 9.78 Å². The van der Waals surface area contributed by atoms with Crippen LogP contribution in [-0.4, -0.2) is 59.6 Å². The number of thiazole rings is 1. The summed E-state index contributed by atoms with van der Waals surface area (Å²) in [6, 6.07) is 8.16. The van der Waals surface area contributed by atoms with Crippen molar-refractivity contribution in [3.8, 4) is 5.75 Å². The van der Waals surface area contributed by atoms with E-state index in [1.807, 2.05) is 29.5 Å². The molecule has 0 spiro atoms. The standard InChI is InChI=1S/C21H30N4O2S/c1-16(2)18-4-6-20(7-5-18)27-17(3)12-22-21(26)25-10-8-24(9-11-25)13-19-14-28-15-23-19/h4-7,14-17H,8-13H2,1-3H3,(H,22,26). The Balaban J connectivity index is 1.36. The maximum atomic E-state index is 12.4. The van der Waals surface area contributed by atoms with Gasteiger partial charge >= 0.3 is 6.03 Å². The third kappa shape index (κ3) is 5.94. The summed E-state index contributed by atoms with van der Waals surface area (Å²) in [5.74, 6) is 1.34. The number of aromatic nitrogens is 1. The van der Waals surface area contributed by atoms with Crippen molar-refractivity contribution in [1.82, 2.24) is 20.1 Å². The number of hydrogen-bond acceptors (Lipinski definition) is 5. The van der Waals surface area contributed by atoms with Crippen molar-refractivity contribution in [3.05, 3.63) is 46.4 Å². The minimum absolute atomic E-state index is 0.0149. The summed E-state index contributed by atoms with van der Waals surface area (Å²) in [5.41, 5.74) is 4.26. The molecule has 6 nitrogen and oxygen atoms in total. The first-order valence-electron chi connectivity index (χ1n) is 9.90. The zero-order valence-electron chi connectivity index (χ0n) is 16.9. The lowest BCUT2D eigenvalue weighted by molar-refractivity contribution is 0.131. The van der Waals surface area contributed by atoms with E-state index in [2.05, 4.69) is 46.6 Å². The van der Waals surface area contributed by atoms with Gasteiger partial charge in [0.15, 0.2) is 0 Å². The Hall–Kier alpha value is -2.12. The van der Waals surface area contributed by atoms with E-state index >= 15 is 0 Å². The fourth-order valence-electron chi connectivity index (χ4n) is 3.20. The lowest BCUT2D eigenvalue weighted by Gasteiger charge is -2.34. The maximum absolute atomic E-state index is 12.4. The molecule has 1 aliphatic heterocycles. The molecule has 1 unspecified atom stereocenters. The number of nitrogens with zero attached hydrogens (tertiary/aromatic N) is 3. The predicted molar refractivity (Wildman–Crippen MR) is 113 cm³/mol. The first-order chi connectivity index (χ1) is 13.5. The second-order valence-corrected chi connectivity index (χ2v) is 8.30. The second kappa shape index (κ2) is 9.89. The van der Waals surface area contributed by atoms with Gasteiger partial charge in [-0.15, -0.1) is 11.3 Å². The van der Waals surface area contributed by atoms with Gasteiger partial charge in [-0.2, -0.15) is 0 Å². The molecule has 1 aromatic carbocycles. The summed E-state index contributed by atoms with van der Waals surface area (Å²) in [6.07, 6.45) is -0.0835. The third-order valence-corrected chi connectivity index (χ3v) is 5.59. The van der Waals surface area contributed by atoms with Gasteiger partial charge in [0.05, 0.1) is 17.7 Å². The molecule has 3 rings (SSSR count). The zero-order valence-corrected chi connectivity index (χ0v) is 17.7. The highest BCUT2D eigenvalue weighted by molar-refractivity contribution is 7.07. The molecule has 2 aromatic rings. The molecular weight excluding hydrogens is 372 g/mol. The number of rotatable bonds is 7. The van der Waals surface area contributed by atoms with Crippen molar-refractivity contribution in [2.45, 2.75) is 39.3 Å². The highest BCUT2D eigenvalue weighted by Crippen LogP contribution is 2.19. The molecule has 1 saturated heterocycles. The van der Waals surface area contributed by atoms with Crippen LogP contribution in [0.2, 0.25) is 0 Å². The number of carbonyl (C=O) groups excluding carboxylic acids is 1. The molecule has 1 aliphatic rings. The van der Waals surface area contributed by atoms with Gasteiger partial charge in [0.25, 0.3) is 0 Å². The molecule has 1 atom stereocenters. The van der Waals surface area contributed by atoms with Crippen molar-refractivity contribution in [1.29, 1.82) is 0 Å². The molecule has 1 aromatic heterocycles. The van der Waals surface area contributed by atoms with Crippen LogP contribution in [0.4, 0.5) is 4.79 Å². The van der Waals surface area contributed by atoms with Gasteiger partial charge in [0, 0.05) is 38.1 Å². The number of piperazine rings is 1. The van der Waals surface area contributed by atoms with Crippen LogP contribution in [0.15, 0.2) is 35.2 Å². The molecule has 1 N–H and O–H groups in total. The summed E-state index contributed by atoms with van der Waals surface area (Å²) < 4.78 is 5.92. The van der Waals surface area contributed by atoms with E-state index < -0.39 is 0 Å². The van der Waals surface area contributed by atoms with Crippen LogP contribution < -0.4 is 10.1 Å². The number of hydrogen-bond donors (Lipinski definition) is 1. The summed E-state index contributed by atoms with van der Waals surface area (Å²) >= 11 is 1.62. The van der Waals surface area contributed by atoms with E-state index in [0.717, 1.165) is 44.2 Å². The SMILES string of the molecule is CC(CNC(=O)N1CCN(Cc2cscn2)CC1)Oc1ccc(C(C)C)cc1. The average molecular weight is 403 g/mol. The Morgan fingerprint density at radius 3 is 2.50 bits per heavy atom. The van der Waals surface area contributed by atoms with Crippen LogP contribution in [-0.2, 0) is 6.54 Å². The van der Waals surface area contributed by atoms with E-state index in [1.165, 1.54) is 5.56 Å². The maximum Gasteiger partial charge on any atom is 0.317 e. The predicted octanol–water partition coefficient (Wildman–Crippen LogP) is 3.56. The Bertz CT molecular complexity index is 725. The molecule has 7 heteroatoms. The minimum Gasteiger partial charge on any atom is -0.489 e. The van der Waals surface area contributed by atoms with Crippen molar-refractivity contribution < 1.29 is 9.53 Å². The van der Waals surface area contributed by atoms with Crippen LogP contribution in [0.1, 0.15) is 37.9 Å². The smallest absolute Gasteiger partial charge is 0.317 e. The molecule has 28 heavy (non-hydrogen) atoms. The van der Waals surface area contributed by atoms with Gasteiger partial charge in [-0.1, -0.05) is 26.0 Å². The van der Waals surface area contributed by atoms with E-state index in [9.17, 15) is 4.79 Å². The van der Waals surface area contributed by atoms with Gasteiger partial charge < -0.3 is 15.0 Å². The monoisotopic (exact) mass is 402 g/mol. The van der Waals surface area contributed by atoms with Crippen LogP contribution in [0.5, 0.6) is 5.75 Å². The fourth-order valence-corrected chi connectivity index (χ4v) is 3.75. The lowest BCUT2D eigenvalue weighted by Crippen LogP contribution is -2.52. The summed E-state index contributed by atoms with van der Waals surface area (Å²) in [4.78, 5) is 21.0. The Morgan fingerprint density at radius 1 is 1.18 bits per heavy atom. The minimum atomic E-state index is -0.0835. The van der Waals surface area contributed by atoms with Gasteiger partial charge in [-0.3, -0.25) is 4.90 Å². The van der Waals surface area contributed by atoms with E-state index in [4.69, 9.17) is 4.74 Å². The van der Waals surface area contributed by atoms with E-state index in [1.54, 1.807) is 11.3 Å². The average Bonchev–Trinajstić information content (AvgIpc) is 3.20. The quantitative estimate of drug-likeness (QED) is 0.769. The number of ether oxygens (including phenoxy) is 1. The highest BCUT2D eigenvalue weighted by atomic mass is 32.1. The number of urea groups is 1. The molecule has 1 fully saturated rings. The number of amides is 2. The van der Waals surface area contributed by atoms with Crippen molar-refractivity contribution in [3.63, 3.8) is 0 Å². The van der Waals surface area contributed by atoms with Crippen molar-refractivity contribution in [2.24, 2.45) is 0 Å². The number of benzene rings is 1. The van der Waals surface area contributed by atoms with Crippen molar-refractivity contribution >= 4 is 17.4 Å². The normalized spacial score (nSPS) is 16.2. The largest absolute Gasteiger partial charge is 0.489 e. The lowest BCUT2D eigenvalue weighted by atomic mass is 10.0. The molecule has 0 radical (unpaired) electrons. The fraction of sp³-hybridized carbons (Fsp3) is 0.524. The molecule has 152 valence electrons. The van der Waals surface area contributed by atoms with E-state index in [0.29, 0.717) is 12.5 Å². The van der Waals surface area contributed by atoms with Gasteiger partial charge in [-0.05, 0) is 30.5 Å². The second-order valence-electron chi connectivity index (χ2n) is 7.58. The van der Waals surface area contributed by atoms with Gasteiger partial charge in [0.1, 0.15) is 11.9 Å². The van der Waals surface area contributed by atoms with Gasteiger partial charge in [0.2, 0.25) is 0 Å². The highest BCUT2D eigenvalue weighted by Gasteiger charge is 2.21. The molecular formula is C21H30N4O2S. The summed E-state index contributed by atoms with van der Waals surface area (Å²) in [7, 11) is 0. The van der Waals surface area contributed by atoms with Crippen LogP contribution in [0, 0.1) is 0 Å². The number of nitrogens with one attached hydrogen (secondary N) is 1. The topological polar surface area (TPSA) is 57.7 Å². The third-order valence-electron chi connectivity index (χ3n) is 4.95. The van der Waals surface area contributed by atoms with Crippen LogP contribution >= 0.6 is 11.3 Å². The Labute approximate surface area is 171 Å². The first kappa shape index (κ1) is 20.6. The van der Waals surface area contributed by atoms with Crippen molar-refractivity contribution in [2.75, 3.05) is 32.7 Å². The molecule has 2 heterocycles. The van der Waals surface area contributed by atoms with Crippen LogP contribution in [0.25, 0.3) is 0 Å². The summed E-state index contributed by atoms with van der Waals surface area (Å²) in [6.45, 7) is 10.9. The number of carbonyl (C=O) groups is 1. The Morgan fingerprint density at radius 2 is 1.89 bits per heavy atom.